The molecule has 3 nitrogen and oxygen atoms in total. The lowest BCUT2D eigenvalue weighted by molar-refractivity contribution is 0.656. The largest absolute Gasteiger partial charge is 0.384 e. The van der Waals surface area contributed by atoms with Gasteiger partial charge in [0, 0.05) is 18.4 Å². The van der Waals surface area contributed by atoms with Crippen LogP contribution in [-0.2, 0) is 6.54 Å². The summed E-state index contributed by atoms with van der Waals surface area (Å²) in [4.78, 5) is 4.80. The third kappa shape index (κ3) is 1.83. The lowest BCUT2D eigenvalue weighted by Crippen LogP contribution is -2.07. The molecule has 1 aliphatic carbocycles. The van der Waals surface area contributed by atoms with E-state index in [1.165, 1.54) is 31.4 Å². The zero-order valence-corrected chi connectivity index (χ0v) is 10.7. The molecule has 1 fully saturated rings. The summed E-state index contributed by atoms with van der Waals surface area (Å²) in [6.45, 7) is 7.44. The van der Waals surface area contributed by atoms with Crippen molar-refractivity contribution >= 4 is 5.82 Å². The minimum Gasteiger partial charge on any atom is -0.384 e. The molecule has 3 heteroatoms. The normalized spacial score (nSPS) is 17.5. The van der Waals surface area contributed by atoms with Gasteiger partial charge in [-0.1, -0.05) is 26.7 Å². The molecule has 0 amide bonds. The Balaban J connectivity index is 2.38. The Hall–Kier alpha value is -0.990. The van der Waals surface area contributed by atoms with Gasteiger partial charge in [0.15, 0.2) is 0 Å². The molecular weight excluding hydrogens is 198 g/mol. The van der Waals surface area contributed by atoms with Crippen molar-refractivity contribution in [3.05, 3.63) is 11.5 Å². The molecule has 1 aliphatic rings. The maximum absolute atomic E-state index is 6.23. The molecule has 2 N–H and O–H groups in total. The number of anilines is 1. The molecular formula is C13H23N3. The standard InChI is InChI=1S/C13H23N3/c1-4-16-12(14)11(10-7-5-6-8-10)15-13(16)9(2)3/h9-10H,4-8,14H2,1-3H3. The molecule has 0 aromatic carbocycles. The first-order chi connectivity index (χ1) is 7.65. The van der Waals surface area contributed by atoms with Crippen LogP contribution in [0.3, 0.4) is 0 Å². The molecule has 0 aliphatic heterocycles. The van der Waals surface area contributed by atoms with Crippen LogP contribution in [-0.4, -0.2) is 9.55 Å². The minimum atomic E-state index is 0.456. The van der Waals surface area contributed by atoms with Crippen molar-refractivity contribution in [3.8, 4) is 0 Å². The number of hydrogen-bond acceptors (Lipinski definition) is 2. The summed E-state index contributed by atoms with van der Waals surface area (Å²) >= 11 is 0. The molecule has 1 heterocycles. The van der Waals surface area contributed by atoms with Crippen LogP contribution in [0.25, 0.3) is 0 Å². The van der Waals surface area contributed by atoms with Gasteiger partial charge in [0.25, 0.3) is 0 Å². The van der Waals surface area contributed by atoms with Gasteiger partial charge in [-0.05, 0) is 19.8 Å². The topological polar surface area (TPSA) is 43.8 Å². The van der Waals surface area contributed by atoms with E-state index >= 15 is 0 Å². The number of nitrogens with two attached hydrogens (primary N) is 1. The van der Waals surface area contributed by atoms with Crippen molar-refractivity contribution in [1.82, 2.24) is 9.55 Å². The van der Waals surface area contributed by atoms with E-state index in [2.05, 4.69) is 25.3 Å². The number of aromatic nitrogens is 2. The summed E-state index contributed by atoms with van der Waals surface area (Å²) in [6.07, 6.45) is 5.20. The van der Waals surface area contributed by atoms with Crippen molar-refractivity contribution in [2.45, 2.75) is 64.8 Å². The average molecular weight is 221 g/mol. The third-order valence-electron chi connectivity index (χ3n) is 3.64. The van der Waals surface area contributed by atoms with E-state index in [9.17, 15) is 0 Å². The van der Waals surface area contributed by atoms with Crippen LogP contribution < -0.4 is 5.73 Å². The molecule has 0 spiro atoms. The Morgan fingerprint density at radius 2 is 2.00 bits per heavy atom. The number of nitrogens with zero attached hydrogens (tertiary/aromatic N) is 2. The van der Waals surface area contributed by atoms with Gasteiger partial charge in [0.2, 0.25) is 0 Å². The van der Waals surface area contributed by atoms with Gasteiger partial charge in [-0.2, -0.15) is 0 Å². The Bertz CT molecular complexity index is 359. The Morgan fingerprint density at radius 1 is 1.38 bits per heavy atom. The highest BCUT2D eigenvalue weighted by atomic mass is 15.1. The second-order valence-electron chi connectivity index (χ2n) is 5.12. The fourth-order valence-electron chi connectivity index (χ4n) is 2.78. The Morgan fingerprint density at radius 3 is 2.44 bits per heavy atom. The maximum Gasteiger partial charge on any atom is 0.127 e. The van der Waals surface area contributed by atoms with E-state index < -0.39 is 0 Å². The SMILES string of the molecule is CCn1c(C(C)C)nc(C2CCCC2)c1N. The first-order valence-corrected chi connectivity index (χ1v) is 6.50. The second kappa shape index (κ2) is 4.48. The minimum absolute atomic E-state index is 0.456. The molecule has 1 aromatic heterocycles. The van der Waals surface area contributed by atoms with Crippen LogP contribution in [0.5, 0.6) is 0 Å². The molecule has 2 rings (SSSR count). The fraction of sp³-hybridized carbons (Fsp3) is 0.769. The lowest BCUT2D eigenvalue weighted by Gasteiger charge is -2.09. The molecule has 0 unspecified atom stereocenters. The van der Waals surface area contributed by atoms with Gasteiger partial charge in [0.1, 0.15) is 11.6 Å². The molecule has 90 valence electrons. The van der Waals surface area contributed by atoms with Gasteiger partial charge in [0.05, 0.1) is 5.69 Å². The number of rotatable bonds is 3. The monoisotopic (exact) mass is 221 g/mol. The summed E-state index contributed by atoms with van der Waals surface area (Å²) in [6, 6.07) is 0. The van der Waals surface area contributed by atoms with Crippen molar-refractivity contribution < 1.29 is 0 Å². The number of nitrogen functional groups attached to an aromatic ring is 1. The Kier molecular flexibility index (Phi) is 3.22. The van der Waals surface area contributed by atoms with Gasteiger partial charge in [-0.3, -0.25) is 0 Å². The quantitative estimate of drug-likeness (QED) is 0.851. The molecule has 0 atom stereocenters. The summed E-state index contributed by atoms with van der Waals surface area (Å²) < 4.78 is 2.18. The summed E-state index contributed by atoms with van der Waals surface area (Å²) in [7, 11) is 0. The third-order valence-corrected chi connectivity index (χ3v) is 3.64. The zero-order valence-electron chi connectivity index (χ0n) is 10.7. The van der Waals surface area contributed by atoms with E-state index in [0.29, 0.717) is 11.8 Å². The molecule has 1 aromatic rings. The second-order valence-corrected chi connectivity index (χ2v) is 5.12. The molecule has 16 heavy (non-hydrogen) atoms. The highest BCUT2D eigenvalue weighted by molar-refractivity contribution is 5.41. The highest BCUT2D eigenvalue weighted by Gasteiger charge is 2.25. The van der Waals surface area contributed by atoms with E-state index in [1.54, 1.807) is 0 Å². The van der Waals surface area contributed by atoms with Crippen LogP contribution in [0, 0.1) is 0 Å². The van der Waals surface area contributed by atoms with Crippen molar-refractivity contribution in [3.63, 3.8) is 0 Å². The van der Waals surface area contributed by atoms with Crippen LogP contribution in [0.1, 0.15) is 69.8 Å². The first kappa shape index (κ1) is 11.5. The van der Waals surface area contributed by atoms with Crippen molar-refractivity contribution in [2.75, 3.05) is 5.73 Å². The van der Waals surface area contributed by atoms with Crippen LogP contribution in [0.2, 0.25) is 0 Å². The zero-order chi connectivity index (χ0) is 11.7. The first-order valence-electron chi connectivity index (χ1n) is 6.50. The van der Waals surface area contributed by atoms with Gasteiger partial charge < -0.3 is 10.3 Å². The molecule has 0 saturated heterocycles. The fourth-order valence-corrected chi connectivity index (χ4v) is 2.78. The van der Waals surface area contributed by atoms with Gasteiger partial charge in [-0.25, -0.2) is 4.98 Å². The van der Waals surface area contributed by atoms with Crippen LogP contribution in [0.4, 0.5) is 5.82 Å². The van der Waals surface area contributed by atoms with E-state index in [1.807, 2.05) is 0 Å². The Labute approximate surface area is 98.1 Å². The summed E-state index contributed by atoms with van der Waals surface area (Å²) in [5, 5.41) is 0. The summed E-state index contributed by atoms with van der Waals surface area (Å²) in [5.41, 5.74) is 7.40. The number of imidazole rings is 1. The lowest BCUT2D eigenvalue weighted by atomic mass is 10.0. The van der Waals surface area contributed by atoms with Crippen LogP contribution in [0.15, 0.2) is 0 Å². The number of hydrogen-bond donors (Lipinski definition) is 1. The molecule has 0 bridgehead atoms. The van der Waals surface area contributed by atoms with Crippen LogP contribution >= 0.6 is 0 Å². The van der Waals surface area contributed by atoms with Gasteiger partial charge in [-0.15, -0.1) is 0 Å². The summed E-state index contributed by atoms with van der Waals surface area (Å²) in [5.74, 6) is 3.14. The van der Waals surface area contributed by atoms with Crippen molar-refractivity contribution in [1.29, 1.82) is 0 Å². The van der Waals surface area contributed by atoms with E-state index in [4.69, 9.17) is 10.7 Å². The molecule has 1 saturated carbocycles. The van der Waals surface area contributed by atoms with E-state index in [0.717, 1.165) is 18.2 Å². The van der Waals surface area contributed by atoms with Gasteiger partial charge >= 0.3 is 0 Å². The van der Waals surface area contributed by atoms with Crippen molar-refractivity contribution in [2.24, 2.45) is 0 Å². The predicted molar refractivity (Wildman–Crippen MR) is 67.6 cm³/mol. The van der Waals surface area contributed by atoms with E-state index in [-0.39, 0.29) is 0 Å². The maximum atomic E-state index is 6.23. The average Bonchev–Trinajstić information content (AvgIpc) is 2.84. The predicted octanol–water partition coefficient (Wildman–Crippen LogP) is 3.27. The smallest absolute Gasteiger partial charge is 0.127 e. The molecule has 0 radical (unpaired) electrons. The highest BCUT2D eigenvalue weighted by Crippen LogP contribution is 2.37.